The van der Waals surface area contributed by atoms with E-state index in [1.54, 1.807) is 6.92 Å². The van der Waals surface area contributed by atoms with Gasteiger partial charge in [0, 0.05) is 5.39 Å². The lowest BCUT2D eigenvalue weighted by Gasteiger charge is -2.13. The Kier molecular flexibility index (Phi) is 5.88. The molecule has 4 aromatic rings. The van der Waals surface area contributed by atoms with Crippen molar-refractivity contribution in [2.45, 2.75) is 13.1 Å². The molecule has 182 valence electrons. The number of methoxy groups -OCH3 is 2. The van der Waals surface area contributed by atoms with Gasteiger partial charge >= 0.3 is 12.1 Å². The summed E-state index contributed by atoms with van der Waals surface area (Å²) in [5.41, 5.74) is -0.530. The van der Waals surface area contributed by atoms with Gasteiger partial charge in [-0.25, -0.2) is 24.1 Å². The monoisotopic (exact) mass is 493 g/mol. The molecule has 0 fully saturated rings. The fraction of sp³-hybridized carbons (Fsp3) is 0.190. The molecule has 0 saturated heterocycles. The Hall–Kier alpha value is -4.49. The molecule has 0 aliphatic heterocycles. The van der Waals surface area contributed by atoms with Crippen LogP contribution in [-0.2, 0) is 4.79 Å². The number of anilines is 2. The summed E-state index contributed by atoms with van der Waals surface area (Å²) in [6, 6.07) is 4.85. The van der Waals surface area contributed by atoms with Crippen molar-refractivity contribution in [2.24, 2.45) is 0 Å². The van der Waals surface area contributed by atoms with Gasteiger partial charge in [-0.3, -0.25) is 15.1 Å². The minimum Gasteiger partial charge on any atom is -0.494 e. The van der Waals surface area contributed by atoms with Gasteiger partial charge in [0.1, 0.15) is 27.9 Å². The molecule has 0 spiro atoms. The number of nitrogens with one attached hydrogen (secondary N) is 2. The minimum atomic E-state index is -5.28. The van der Waals surface area contributed by atoms with E-state index in [1.807, 2.05) is 0 Å². The molecule has 4 rings (SSSR count). The van der Waals surface area contributed by atoms with Crippen molar-refractivity contribution in [1.82, 2.24) is 19.9 Å². The first kappa shape index (κ1) is 23.7. The molecule has 0 atom stereocenters. The number of nitrogens with zero attached hydrogens (tertiary/aromatic N) is 3. The van der Waals surface area contributed by atoms with E-state index in [0.29, 0.717) is 11.1 Å². The third-order valence-corrected chi connectivity index (χ3v) is 4.84. The van der Waals surface area contributed by atoms with E-state index in [-0.39, 0.29) is 34.4 Å². The molecule has 2 aromatic heterocycles. The number of alkyl halides is 3. The van der Waals surface area contributed by atoms with Crippen molar-refractivity contribution >= 4 is 39.7 Å². The van der Waals surface area contributed by atoms with Gasteiger partial charge in [-0.15, -0.1) is 0 Å². The zero-order valence-electron chi connectivity index (χ0n) is 18.2. The second-order valence-corrected chi connectivity index (χ2v) is 7.03. The zero-order valence-corrected chi connectivity index (χ0v) is 18.2. The number of aromatic amines is 1. The number of ether oxygens (including phenoxy) is 3. The van der Waals surface area contributed by atoms with Gasteiger partial charge in [0.2, 0.25) is 11.9 Å². The van der Waals surface area contributed by atoms with Gasteiger partial charge in [0.25, 0.3) is 5.56 Å². The van der Waals surface area contributed by atoms with Crippen LogP contribution in [-0.4, -0.2) is 46.3 Å². The standard InChI is InChI=1S/C21H15F4N5O5/c1-8-9-4-5-10(22)16(34-3)14(9)27-19(26-8)30-20-28-15-12(33-2)7-6-11(13(15)17(31)29-20)35-18(32)21(23,24)25/h4-7H,1-3H3,(H2,26,27,28,29,30,31). The van der Waals surface area contributed by atoms with Crippen molar-refractivity contribution < 1.29 is 36.6 Å². The Labute approximate surface area is 192 Å². The third kappa shape index (κ3) is 4.37. The van der Waals surface area contributed by atoms with Crippen molar-refractivity contribution in [3.05, 3.63) is 46.1 Å². The van der Waals surface area contributed by atoms with Crippen LogP contribution < -0.4 is 25.1 Å². The molecule has 10 nitrogen and oxygen atoms in total. The Morgan fingerprint density at radius 2 is 1.71 bits per heavy atom. The highest BCUT2D eigenvalue weighted by Crippen LogP contribution is 2.32. The van der Waals surface area contributed by atoms with Crippen LogP contribution in [0.1, 0.15) is 5.69 Å². The summed E-state index contributed by atoms with van der Waals surface area (Å²) >= 11 is 0. The fourth-order valence-electron chi connectivity index (χ4n) is 3.32. The van der Waals surface area contributed by atoms with E-state index in [4.69, 9.17) is 9.47 Å². The number of H-pyrrole nitrogens is 1. The van der Waals surface area contributed by atoms with Gasteiger partial charge in [-0.05, 0) is 31.2 Å². The molecular formula is C21H15F4N5O5. The number of esters is 1. The van der Waals surface area contributed by atoms with E-state index >= 15 is 0 Å². The highest BCUT2D eigenvalue weighted by Gasteiger charge is 2.41. The number of carbonyl (C=O) groups is 1. The number of fused-ring (bicyclic) bond motifs is 2. The first-order valence-electron chi connectivity index (χ1n) is 9.71. The molecule has 35 heavy (non-hydrogen) atoms. The Morgan fingerprint density at radius 3 is 2.37 bits per heavy atom. The average Bonchev–Trinajstić information content (AvgIpc) is 2.78. The summed E-state index contributed by atoms with van der Waals surface area (Å²) in [6.45, 7) is 1.65. The molecule has 0 aliphatic rings. The molecule has 0 saturated carbocycles. The normalized spacial score (nSPS) is 11.5. The van der Waals surface area contributed by atoms with Crippen LogP contribution in [0.4, 0.5) is 29.5 Å². The Bertz CT molecular complexity index is 1540. The average molecular weight is 493 g/mol. The number of hydrogen-bond donors (Lipinski definition) is 2. The maximum atomic E-state index is 14.1. The maximum Gasteiger partial charge on any atom is 0.491 e. The molecule has 2 N–H and O–H groups in total. The van der Waals surface area contributed by atoms with Gasteiger partial charge < -0.3 is 14.2 Å². The predicted octanol–water partition coefficient (Wildman–Crippen LogP) is 3.54. The number of hydrogen-bond acceptors (Lipinski definition) is 9. The minimum absolute atomic E-state index is 0.0142. The Morgan fingerprint density at radius 1 is 1.00 bits per heavy atom. The summed E-state index contributed by atoms with van der Waals surface area (Å²) in [7, 11) is 2.53. The molecule has 0 aliphatic carbocycles. The lowest BCUT2D eigenvalue weighted by Crippen LogP contribution is -2.28. The van der Waals surface area contributed by atoms with Crippen molar-refractivity contribution in [2.75, 3.05) is 19.5 Å². The molecule has 14 heteroatoms. The van der Waals surface area contributed by atoms with E-state index in [2.05, 4.69) is 30.0 Å². The predicted molar refractivity (Wildman–Crippen MR) is 115 cm³/mol. The summed E-state index contributed by atoms with van der Waals surface area (Å²) in [5, 5.41) is 2.73. The zero-order chi connectivity index (χ0) is 25.5. The molecule has 0 amide bonds. The summed E-state index contributed by atoms with van der Waals surface area (Å²) in [5.74, 6) is -4.22. The summed E-state index contributed by atoms with van der Waals surface area (Å²) in [6.07, 6.45) is -5.28. The fourth-order valence-corrected chi connectivity index (χ4v) is 3.32. The SMILES string of the molecule is COc1c(F)ccc2c(C)nc(Nc3nc4c(OC)ccc(OC(=O)C(F)(F)F)c4c(=O)[nH]3)nc12. The van der Waals surface area contributed by atoms with Gasteiger partial charge in [0.05, 0.1) is 19.9 Å². The lowest BCUT2D eigenvalue weighted by molar-refractivity contribution is -0.189. The van der Waals surface area contributed by atoms with Gasteiger partial charge in [0.15, 0.2) is 11.6 Å². The van der Waals surface area contributed by atoms with E-state index in [1.165, 1.54) is 32.4 Å². The molecular weight excluding hydrogens is 478 g/mol. The number of halogens is 4. The van der Waals surface area contributed by atoms with Crippen LogP contribution in [0, 0.1) is 12.7 Å². The first-order chi connectivity index (χ1) is 16.5. The van der Waals surface area contributed by atoms with Crippen LogP contribution in [0.2, 0.25) is 0 Å². The second-order valence-electron chi connectivity index (χ2n) is 7.03. The van der Waals surface area contributed by atoms with E-state index < -0.39 is 34.7 Å². The number of benzene rings is 2. The molecule has 2 heterocycles. The highest BCUT2D eigenvalue weighted by atomic mass is 19.4. The highest BCUT2D eigenvalue weighted by molar-refractivity contribution is 5.93. The van der Waals surface area contributed by atoms with Crippen LogP contribution in [0.3, 0.4) is 0 Å². The largest absolute Gasteiger partial charge is 0.494 e. The molecule has 2 aromatic carbocycles. The topological polar surface area (TPSA) is 128 Å². The van der Waals surface area contributed by atoms with Crippen LogP contribution >= 0.6 is 0 Å². The first-order valence-corrected chi connectivity index (χ1v) is 9.71. The van der Waals surface area contributed by atoms with Crippen molar-refractivity contribution in [3.8, 4) is 17.2 Å². The number of carbonyl (C=O) groups excluding carboxylic acids is 1. The van der Waals surface area contributed by atoms with Crippen LogP contribution in [0.25, 0.3) is 21.8 Å². The maximum absolute atomic E-state index is 14.1. The lowest BCUT2D eigenvalue weighted by atomic mass is 10.2. The smallest absolute Gasteiger partial charge is 0.491 e. The van der Waals surface area contributed by atoms with Crippen LogP contribution in [0.15, 0.2) is 29.1 Å². The Balaban J connectivity index is 1.82. The van der Waals surface area contributed by atoms with Crippen molar-refractivity contribution in [1.29, 1.82) is 0 Å². The third-order valence-electron chi connectivity index (χ3n) is 4.84. The molecule has 0 unspecified atom stereocenters. The van der Waals surface area contributed by atoms with Gasteiger partial charge in [-0.1, -0.05) is 0 Å². The van der Waals surface area contributed by atoms with Gasteiger partial charge in [-0.2, -0.15) is 13.2 Å². The number of aromatic nitrogens is 4. The summed E-state index contributed by atoms with van der Waals surface area (Å²) in [4.78, 5) is 39.0. The summed E-state index contributed by atoms with van der Waals surface area (Å²) < 4.78 is 66.7. The number of aryl methyl sites for hydroxylation is 1. The number of rotatable bonds is 5. The second kappa shape index (κ2) is 8.70. The van der Waals surface area contributed by atoms with Crippen LogP contribution in [0.5, 0.6) is 17.2 Å². The van der Waals surface area contributed by atoms with E-state index in [9.17, 15) is 27.2 Å². The quantitative estimate of drug-likeness (QED) is 0.244. The molecule has 0 bridgehead atoms. The molecule has 0 radical (unpaired) electrons. The van der Waals surface area contributed by atoms with E-state index in [0.717, 1.165) is 6.07 Å². The van der Waals surface area contributed by atoms with Crippen molar-refractivity contribution in [3.63, 3.8) is 0 Å².